The molecule has 5 atom stereocenters. The molecule has 4 aliphatic heterocycles. The lowest BCUT2D eigenvalue weighted by molar-refractivity contribution is -0.384. The summed E-state index contributed by atoms with van der Waals surface area (Å²) in [4.78, 5) is 29.1. The van der Waals surface area contributed by atoms with Crippen molar-refractivity contribution in [3.8, 4) is 17.2 Å². The molecule has 0 aromatic heterocycles. The van der Waals surface area contributed by atoms with Gasteiger partial charge in [0, 0.05) is 31.8 Å². The predicted molar refractivity (Wildman–Crippen MR) is 189 cm³/mol. The van der Waals surface area contributed by atoms with Crippen molar-refractivity contribution in [3.63, 3.8) is 0 Å². The number of carbonyl (C=O) groups excluding carboxylic acids is 1. The maximum absolute atomic E-state index is 14.2. The van der Waals surface area contributed by atoms with Gasteiger partial charge in [-0.25, -0.2) is 4.79 Å². The number of fused-ring (bicyclic) bond motifs is 2. The van der Waals surface area contributed by atoms with Gasteiger partial charge in [-0.05, 0) is 73.6 Å². The summed E-state index contributed by atoms with van der Waals surface area (Å²) in [5.74, 6) is 2.53. The molecular formula is C39H47N3O10. The van der Waals surface area contributed by atoms with Gasteiger partial charge in [0.05, 0.1) is 36.2 Å². The molecule has 1 amide bonds. The summed E-state index contributed by atoms with van der Waals surface area (Å²) >= 11 is 0. The van der Waals surface area contributed by atoms with Gasteiger partial charge in [-0.1, -0.05) is 44.2 Å². The third kappa shape index (κ3) is 8.12. The van der Waals surface area contributed by atoms with Gasteiger partial charge in [-0.2, -0.15) is 0 Å². The average molecular weight is 718 g/mol. The molecule has 13 nitrogen and oxygen atoms in total. The van der Waals surface area contributed by atoms with Crippen LogP contribution in [0.2, 0.25) is 0 Å². The molecule has 0 N–H and O–H groups in total. The monoisotopic (exact) mass is 717 g/mol. The van der Waals surface area contributed by atoms with Crippen molar-refractivity contribution in [2.75, 3.05) is 33.1 Å². The Morgan fingerprint density at radius 1 is 1.02 bits per heavy atom. The fourth-order valence-corrected chi connectivity index (χ4v) is 7.70. The van der Waals surface area contributed by atoms with E-state index in [1.165, 1.54) is 12.1 Å². The molecule has 13 heteroatoms. The smallest absolute Gasteiger partial charge is 0.412 e. The van der Waals surface area contributed by atoms with Gasteiger partial charge in [-0.3, -0.25) is 19.9 Å². The Kier molecular flexibility index (Phi) is 10.6. The van der Waals surface area contributed by atoms with Gasteiger partial charge in [0.25, 0.3) is 5.69 Å². The number of nitro groups is 1. The molecule has 0 bridgehead atoms. The number of rotatable bonds is 13. The minimum absolute atomic E-state index is 0.0163. The van der Waals surface area contributed by atoms with E-state index >= 15 is 0 Å². The highest BCUT2D eigenvalue weighted by Gasteiger charge is 2.52. The fraction of sp³-hybridized carbons (Fsp3) is 0.513. The second kappa shape index (κ2) is 15.3. The highest BCUT2D eigenvalue weighted by molar-refractivity contribution is 5.70. The summed E-state index contributed by atoms with van der Waals surface area (Å²) in [5.41, 5.74) is 1.88. The zero-order valence-corrected chi connectivity index (χ0v) is 30.1. The summed E-state index contributed by atoms with van der Waals surface area (Å²) in [5, 5.41) is 11.2. The highest BCUT2D eigenvalue weighted by atomic mass is 16.7. The molecule has 0 saturated carbocycles. The molecule has 0 radical (unpaired) electrons. The van der Waals surface area contributed by atoms with E-state index in [2.05, 4.69) is 24.8 Å². The van der Waals surface area contributed by atoms with Crippen LogP contribution in [0.4, 0.5) is 10.5 Å². The van der Waals surface area contributed by atoms with Gasteiger partial charge in [-0.15, -0.1) is 0 Å². The number of non-ortho nitro benzene ring substituents is 1. The molecule has 3 saturated heterocycles. The van der Waals surface area contributed by atoms with Crippen LogP contribution in [0, 0.1) is 22.0 Å². The van der Waals surface area contributed by atoms with Crippen molar-refractivity contribution < 1.29 is 42.9 Å². The number of nitro benzene ring substituents is 1. The molecule has 52 heavy (non-hydrogen) atoms. The van der Waals surface area contributed by atoms with Crippen molar-refractivity contribution in [1.82, 2.24) is 9.80 Å². The topological polar surface area (TPSA) is 131 Å². The lowest BCUT2D eigenvalue weighted by Gasteiger charge is -2.34. The summed E-state index contributed by atoms with van der Waals surface area (Å²) in [6.45, 7) is 11.6. The number of nitrogens with zero attached hydrogens (tertiary/aromatic N) is 3. The zero-order valence-electron chi connectivity index (χ0n) is 30.1. The van der Waals surface area contributed by atoms with Crippen LogP contribution in [0.3, 0.4) is 0 Å². The first-order valence-electron chi connectivity index (χ1n) is 18.0. The summed E-state index contributed by atoms with van der Waals surface area (Å²) < 4.78 is 41.6. The standard InChI is InChI=1S/C39H47N3O10/c1-25(2)19-40(20-27-10-13-33-34(18-27)50-24-49-33)21-35-32(41(39(3,4)52-35)38(43)51-36-23-48-37-31(36)14-15-46-37)17-26-8-11-30(12-9-26)47-22-28-6-5-7-29(16-28)42(44)45/h5-13,16,18,25,31-32,35-37H,14-15,17,19-24H2,1-4H3/t31-,32-,35+,36-,37+/m0/s1. The third-order valence-corrected chi connectivity index (χ3v) is 10.0. The highest BCUT2D eigenvalue weighted by Crippen LogP contribution is 2.39. The molecule has 3 aromatic rings. The largest absolute Gasteiger partial charge is 0.489 e. The minimum atomic E-state index is -0.943. The molecule has 3 aromatic carbocycles. The van der Waals surface area contributed by atoms with E-state index in [9.17, 15) is 14.9 Å². The Bertz CT molecular complexity index is 1730. The van der Waals surface area contributed by atoms with Crippen LogP contribution in [-0.4, -0.2) is 84.2 Å². The van der Waals surface area contributed by atoms with E-state index in [-0.39, 0.29) is 49.5 Å². The Morgan fingerprint density at radius 3 is 2.60 bits per heavy atom. The van der Waals surface area contributed by atoms with Gasteiger partial charge < -0.3 is 33.2 Å². The van der Waals surface area contributed by atoms with E-state index in [4.69, 9.17) is 33.2 Å². The molecular weight excluding hydrogens is 670 g/mol. The molecule has 0 unspecified atom stereocenters. The fourth-order valence-electron chi connectivity index (χ4n) is 7.70. The van der Waals surface area contributed by atoms with E-state index in [0.717, 1.165) is 35.6 Å². The summed E-state index contributed by atoms with van der Waals surface area (Å²) in [6.07, 6.45) is -0.174. The van der Waals surface area contributed by atoms with E-state index in [0.29, 0.717) is 50.0 Å². The normalized spacial score (nSPS) is 24.4. The first-order chi connectivity index (χ1) is 25.0. The van der Waals surface area contributed by atoms with Gasteiger partial charge >= 0.3 is 6.09 Å². The lowest BCUT2D eigenvalue weighted by atomic mass is 9.99. The SMILES string of the molecule is CC(C)CN(Cc1ccc2c(c1)OCO2)C[C@H]1OC(C)(C)N(C(=O)O[C@H]2CO[C@H]3OCC[C@H]32)[C@H]1Cc1ccc(OCc2cccc([N+](=O)[O-])c2)cc1. The van der Waals surface area contributed by atoms with Crippen LogP contribution in [-0.2, 0) is 38.5 Å². The third-order valence-electron chi connectivity index (χ3n) is 10.0. The van der Waals surface area contributed by atoms with Crippen LogP contribution in [0.1, 0.15) is 50.8 Å². The first-order valence-corrected chi connectivity index (χ1v) is 18.0. The summed E-state index contributed by atoms with van der Waals surface area (Å²) in [7, 11) is 0. The summed E-state index contributed by atoms with van der Waals surface area (Å²) in [6, 6.07) is 19.8. The predicted octanol–water partition coefficient (Wildman–Crippen LogP) is 6.31. The first kappa shape index (κ1) is 36.0. The van der Waals surface area contributed by atoms with Gasteiger partial charge in [0.15, 0.2) is 17.8 Å². The molecule has 0 aliphatic carbocycles. The Hall–Kier alpha value is -4.43. The minimum Gasteiger partial charge on any atom is -0.489 e. The van der Waals surface area contributed by atoms with Crippen molar-refractivity contribution in [1.29, 1.82) is 0 Å². The number of hydrogen-bond donors (Lipinski definition) is 0. The maximum atomic E-state index is 14.2. The second-order valence-electron chi connectivity index (χ2n) is 14.8. The van der Waals surface area contributed by atoms with E-state index < -0.39 is 16.7 Å². The van der Waals surface area contributed by atoms with Crippen LogP contribution in [0.5, 0.6) is 17.2 Å². The van der Waals surface area contributed by atoms with Crippen LogP contribution >= 0.6 is 0 Å². The molecule has 0 spiro atoms. The van der Waals surface area contributed by atoms with Crippen LogP contribution in [0.15, 0.2) is 66.7 Å². The van der Waals surface area contributed by atoms with Crippen molar-refractivity contribution >= 4 is 11.8 Å². The number of hydrogen-bond acceptors (Lipinski definition) is 11. The number of carbonyl (C=O) groups is 1. The number of benzene rings is 3. The van der Waals surface area contributed by atoms with Crippen molar-refractivity contribution in [2.45, 2.75) is 84.0 Å². The van der Waals surface area contributed by atoms with Gasteiger partial charge in [0.1, 0.15) is 24.2 Å². The Labute approximate surface area is 303 Å². The van der Waals surface area contributed by atoms with Crippen LogP contribution in [0.25, 0.3) is 0 Å². The van der Waals surface area contributed by atoms with Crippen molar-refractivity contribution in [3.05, 3.63) is 93.5 Å². The van der Waals surface area contributed by atoms with E-state index in [1.54, 1.807) is 17.0 Å². The number of ether oxygens (including phenoxy) is 7. The van der Waals surface area contributed by atoms with Gasteiger partial charge in [0.2, 0.25) is 6.79 Å². The molecule has 4 aliphatic rings. The molecule has 7 rings (SSSR count). The molecule has 278 valence electrons. The zero-order chi connectivity index (χ0) is 36.4. The second-order valence-corrected chi connectivity index (χ2v) is 14.8. The molecule has 4 heterocycles. The maximum Gasteiger partial charge on any atom is 0.412 e. The Balaban J connectivity index is 1.10. The van der Waals surface area contributed by atoms with E-state index in [1.807, 2.05) is 50.2 Å². The van der Waals surface area contributed by atoms with Crippen molar-refractivity contribution in [2.24, 2.45) is 11.8 Å². The molecule has 3 fully saturated rings. The Morgan fingerprint density at radius 2 is 1.81 bits per heavy atom. The average Bonchev–Trinajstić information content (AvgIpc) is 3.89. The quantitative estimate of drug-likeness (QED) is 0.146. The van der Waals surface area contributed by atoms with Crippen LogP contribution < -0.4 is 14.2 Å². The lowest BCUT2D eigenvalue weighted by Crippen LogP contribution is -2.51. The number of amides is 1.